The zero-order valence-corrected chi connectivity index (χ0v) is 16.8. The Labute approximate surface area is 161 Å². The van der Waals surface area contributed by atoms with Crippen molar-refractivity contribution in [1.29, 1.82) is 0 Å². The number of nitrogens with one attached hydrogen (secondary N) is 1. The molecule has 0 bridgehead atoms. The zero-order valence-electron chi connectivity index (χ0n) is 16.0. The van der Waals surface area contributed by atoms with Crippen LogP contribution in [0.3, 0.4) is 0 Å². The lowest BCUT2D eigenvalue weighted by Crippen LogP contribution is -2.32. The molecule has 1 N–H and O–H groups in total. The van der Waals surface area contributed by atoms with Gasteiger partial charge in [-0.05, 0) is 61.7 Å². The van der Waals surface area contributed by atoms with E-state index in [0.29, 0.717) is 25.4 Å². The van der Waals surface area contributed by atoms with E-state index >= 15 is 0 Å². The summed E-state index contributed by atoms with van der Waals surface area (Å²) in [6.07, 6.45) is 1.48. The Balaban J connectivity index is 1.88. The number of rotatable bonds is 11. The number of hydrogen-bond donors (Lipinski definition) is 1. The van der Waals surface area contributed by atoms with E-state index < -0.39 is 10.0 Å². The smallest absolute Gasteiger partial charge is 0.240 e. The van der Waals surface area contributed by atoms with Crippen LogP contribution in [0.15, 0.2) is 53.4 Å². The molecule has 0 spiro atoms. The molecule has 1 unspecified atom stereocenters. The number of methoxy groups -OCH3 is 2. The van der Waals surface area contributed by atoms with Crippen LogP contribution in [0.5, 0.6) is 11.5 Å². The lowest BCUT2D eigenvalue weighted by atomic mass is 10.1. The molecule has 0 aromatic heterocycles. The van der Waals surface area contributed by atoms with Crippen molar-refractivity contribution in [2.24, 2.45) is 0 Å². The number of hydrogen-bond acceptors (Lipinski definition) is 5. The average Bonchev–Trinajstić information content (AvgIpc) is 2.67. The second kappa shape index (κ2) is 10.3. The van der Waals surface area contributed by atoms with Gasteiger partial charge in [0.1, 0.15) is 18.1 Å². The first-order valence-electron chi connectivity index (χ1n) is 8.81. The predicted octanol–water partition coefficient (Wildman–Crippen LogP) is 3.02. The van der Waals surface area contributed by atoms with Gasteiger partial charge in [0.15, 0.2) is 0 Å². The summed E-state index contributed by atoms with van der Waals surface area (Å²) in [4.78, 5) is 0.220. The normalized spacial score (nSPS) is 12.6. The van der Waals surface area contributed by atoms with Gasteiger partial charge in [-0.2, -0.15) is 0 Å². The van der Waals surface area contributed by atoms with Crippen molar-refractivity contribution in [1.82, 2.24) is 4.72 Å². The molecular formula is C20H27NO5S. The standard InChI is InChI=1S/C20H27NO5S/c1-16(4-5-17-6-8-18(25-3)9-7-17)21-27(22,23)20-12-10-19(11-13-20)26-15-14-24-2/h6-13,16,21H,4-5,14-15H2,1-3H3. The summed E-state index contributed by atoms with van der Waals surface area (Å²) in [7, 11) is -0.340. The first-order chi connectivity index (χ1) is 12.9. The van der Waals surface area contributed by atoms with Gasteiger partial charge in [-0.1, -0.05) is 12.1 Å². The van der Waals surface area contributed by atoms with E-state index in [0.717, 1.165) is 17.7 Å². The van der Waals surface area contributed by atoms with Crippen LogP contribution in [0.25, 0.3) is 0 Å². The molecule has 6 nitrogen and oxygen atoms in total. The van der Waals surface area contributed by atoms with Gasteiger partial charge >= 0.3 is 0 Å². The molecule has 2 rings (SSSR count). The largest absolute Gasteiger partial charge is 0.497 e. The SMILES string of the molecule is COCCOc1ccc(S(=O)(=O)NC(C)CCc2ccc(OC)cc2)cc1. The van der Waals surface area contributed by atoms with Crippen LogP contribution in [0.1, 0.15) is 18.9 Å². The lowest BCUT2D eigenvalue weighted by Gasteiger charge is -2.15. The molecule has 0 amide bonds. The maximum atomic E-state index is 12.5. The lowest BCUT2D eigenvalue weighted by molar-refractivity contribution is 0.146. The number of sulfonamides is 1. The fourth-order valence-corrected chi connectivity index (χ4v) is 3.80. The van der Waals surface area contributed by atoms with Gasteiger partial charge in [-0.15, -0.1) is 0 Å². The average molecular weight is 394 g/mol. The fourth-order valence-electron chi connectivity index (χ4n) is 2.53. The summed E-state index contributed by atoms with van der Waals surface area (Å²) >= 11 is 0. The zero-order chi connectivity index (χ0) is 19.7. The molecule has 1 atom stereocenters. The number of ether oxygens (including phenoxy) is 3. The third kappa shape index (κ3) is 6.86. The minimum absolute atomic E-state index is 0.185. The molecule has 0 aliphatic carbocycles. The second-order valence-electron chi connectivity index (χ2n) is 6.22. The Hall–Kier alpha value is -2.09. The molecule has 0 radical (unpaired) electrons. The van der Waals surface area contributed by atoms with E-state index in [1.807, 2.05) is 31.2 Å². The Kier molecular flexibility index (Phi) is 8.09. The summed E-state index contributed by atoms with van der Waals surface area (Å²) in [5.74, 6) is 1.42. The highest BCUT2D eigenvalue weighted by Gasteiger charge is 2.17. The Morgan fingerprint density at radius 1 is 0.926 bits per heavy atom. The molecule has 148 valence electrons. The molecule has 7 heteroatoms. The fraction of sp³-hybridized carbons (Fsp3) is 0.400. The van der Waals surface area contributed by atoms with Gasteiger partial charge < -0.3 is 14.2 Å². The number of benzene rings is 2. The quantitative estimate of drug-likeness (QED) is 0.594. The molecule has 0 aliphatic heterocycles. The third-order valence-electron chi connectivity index (χ3n) is 4.07. The van der Waals surface area contributed by atoms with E-state index in [1.165, 1.54) is 0 Å². The Morgan fingerprint density at radius 3 is 2.15 bits per heavy atom. The van der Waals surface area contributed by atoms with Crippen molar-refractivity contribution in [2.45, 2.75) is 30.7 Å². The molecule has 2 aromatic rings. The first-order valence-corrected chi connectivity index (χ1v) is 10.3. The highest BCUT2D eigenvalue weighted by molar-refractivity contribution is 7.89. The van der Waals surface area contributed by atoms with Crippen molar-refractivity contribution in [3.63, 3.8) is 0 Å². The second-order valence-corrected chi connectivity index (χ2v) is 7.94. The summed E-state index contributed by atoms with van der Waals surface area (Å²) in [6, 6.07) is 14.0. The Morgan fingerprint density at radius 2 is 1.56 bits per heavy atom. The third-order valence-corrected chi connectivity index (χ3v) is 5.68. The van der Waals surface area contributed by atoms with E-state index in [2.05, 4.69) is 4.72 Å². The van der Waals surface area contributed by atoms with Crippen LogP contribution in [0, 0.1) is 0 Å². The first kappa shape index (κ1) is 21.2. The maximum Gasteiger partial charge on any atom is 0.240 e. The van der Waals surface area contributed by atoms with Gasteiger partial charge in [-0.3, -0.25) is 0 Å². The molecular weight excluding hydrogens is 366 g/mol. The monoisotopic (exact) mass is 393 g/mol. The molecule has 0 heterocycles. The van der Waals surface area contributed by atoms with Crippen LogP contribution in [0.2, 0.25) is 0 Å². The number of aryl methyl sites for hydroxylation is 1. The van der Waals surface area contributed by atoms with Crippen molar-refractivity contribution < 1.29 is 22.6 Å². The minimum Gasteiger partial charge on any atom is -0.497 e. The van der Waals surface area contributed by atoms with Crippen LogP contribution in [0.4, 0.5) is 0 Å². The van der Waals surface area contributed by atoms with Crippen molar-refractivity contribution >= 4 is 10.0 Å². The molecule has 0 saturated heterocycles. The van der Waals surface area contributed by atoms with Gasteiger partial charge in [0.05, 0.1) is 18.6 Å². The summed E-state index contributed by atoms with van der Waals surface area (Å²) < 4.78 is 43.3. The van der Waals surface area contributed by atoms with Crippen LogP contribution < -0.4 is 14.2 Å². The molecule has 0 saturated carbocycles. The topological polar surface area (TPSA) is 73.9 Å². The molecule has 27 heavy (non-hydrogen) atoms. The Bertz CT molecular complexity index is 788. The van der Waals surface area contributed by atoms with Gasteiger partial charge in [0.2, 0.25) is 10.0 Å². The van der Waals surface area contributed by atoms with Crippen molar-refractivity contribution in [2.75, 3.05) is 27.4 Å². The van der Waals surface area contributed by atoms with Crippen molar-refractivity contribution in [3.8, 4) is 11.5 Å². The van der Waals surface area contributed by atoms with Crippen LogP contribution in [-0.2, 0) is 21.2 Å². The summed E-state index contributed by atoms with van der Waals surface area (Å²) in [6.45, 7) is 2.76. The van der Waals surface area contributed by atoms with Crippen molar-refractivity contribution in [3.05, 3.63) is 54.1 Å². The highest BCUT2D eigenvalue weighted by Crippen LogP contribution is 2.17. The van der Waals surface area contributed by atoms with Crippen LogP contribution in [-0.4, -0.2) is 41.9 Å². The maximum absolute atomic E-state index is 12.5. The van der Waals surface area contributed by atoms with Crippen LogP contribution >= 0.6 is 0 Å². The van der Waals surface area contributed by atoms with Gasteiger partial charge in [-0.25, -0.2) is 13.1 Å². The molecule has 0 aliphatic rings. The molecule has 2 aromatic carbocycles. The van der Waals surface area contributed by atoms with E-state index in [-0.39, 0.29) is 10.9 Å². The van der Waals surface area contributed by atoms with E-state index in [9.17, 15) is 8.42 Å². The minimum atomic E-state index is -3.57. The summed E-state index contributed by atoms with van der Waals surface area (Å²) in [5.41, 5.74) is 1.14. The summed E-state index contributed by atoms with van der Waals surface area (Å²) in [5, 5.41) is 0. The van der Waals surface area contributed by atoms with E-state index in [1.54, 1.807) is 38.5 Å². The van der Waals surface area contributed by atoms with Gasteiger partial charge in [0.25, 0.3) is 0 Å². The highest BCUT2D eigenvalue weighted by atomic mass is 32.2. The van der Waals surface area contributed by atoms with Gasteiger partial charge in [0, 0.05) is 13.2 Å². The molecule has 0 fully saturated rings. The van der Waals surface area contributed by atoms with E-state index in [4.69, 9.17) is 14.2 Å². The predicted molar refractivity (Wildman–Crippen MR) is 105 cm³/mol.